The lowest BCUT2D eigenvalue weighted by molar-refractivity contribution is 0.211. The van der Waals surface area contributed by atoms with Gasteiger partial charge in [0.2, 0.25) is 21.9 Å². The zero-order valence-electron chi connectivity index (χ0n) is 19.9. The van der Waals surface area contributed by atoms with Crippen molar-refractivity contribution in [3.05, 3.63) is 66.2 Å². The maximum atomic E-state index is 15.6. The molecule has 4 rings (SSSR count). The molecular formula is C25H25F2N5O3S. The molecule has 2 heterocycles. The summed E-state index contributed by atoms with van der Waals surface area (Å²) in [6.07, 6.45) is 2.78. The zero-order valence-corrected chi connectivity index (χ0v) is 20.7. The molecule has 36 heavy (non-hydrogen) atoms. The van der Waals surface area contributed by atoms with Gasteiger partial charge in [0.15, 0.2) is 5.82 Å². The minimum Gasteiger partial charge on any atom is -0.437 e. The lowest BCUT2D eigenvalue weighted by Crippen LogP contribution is -2.24. The highest BCUT2D eigenvalue weighted by Crippen LogP contribution is 2.41. The molecule has 0 aliphatic carbocycles. The van der Waals surface area contributed by atoms with E-state index in [0.717, 1.165) is 0 Å². The van der Waals surface area contributed by atoms with Crippen LogP contribution < -0.4 is 15.2 Å². The van der Waals surface area contributed by atoms with E-state index < -0.39 is 27.3 Å². The highest BCUT2D eigenvalue weighted by Gasteiger charge is 2.25. The number of fused-ring (bicyclic) bond motifs is 1. The largest absolute Gasteiger partial charge is 0.437 e. The van der Waals surface area contributed by atoms with E-state index >= 15 is 4.39 Å². The molecule has 0 fully saturated rings. The number of pyridine rings is 1. The first-order chi connectivity index (χ1) is 17.0. The van der Waals surface area contributed by atoms with Gasteiger partial charge in [0.25, 0.3) is 0 Å². The van der Waals surface area contributed by atoms with Crippen molar-refractivity contribution >= 4 is 32.4 Å². The van der Waals surface area contributed by atoms with Gasteiger partial charge in [-0.25, -0.2) is 32.2 Å². The predicted molar refractivity (Wildman–Crippen MR) is 136 cm³/mol. The zero-order chi connectivity index (χ0) is 26.1. The molecule has 0 saturated heterocycles. The van der Waals surface area contributed by atoms with E-state index in [0.29, 0.717) is 16.6 Å². The minimum atomic E-state index is -4.03. The van der Waals surface area contributed by atoms with Crippen LogP contribution in [0.4, 0.5) is 20.4 Å². The molecule has 0 aliphatic heterocycles. The van der Waals surface area contributed by atoms with E-state index in [-0.39, 0.29) is 40.6 Å². The molecule has 8 nitrogen and oxygen atoms in total. The standard InChI is InChI=1S/C25H25F2N5O3S/c1-15-20(26)21(32-36(33,34)14-11-25(2,3)27)16-7-4-5-8-17(16)22(15)35-23-18(9-6-12-29-23)19-10-13-30-24(28)31-19/h4-10,12-13,32H,11,14H2,1-3H3,(H2,28,30,31). The normalized spacial score (nSPS) is 12.0. The molecule has 3 N–H and O–H groups in total. The van der Waals surface area contributed by atoms with Crippen LogP contribution in [0.1, 0.15) is 25.8 Å². The number of nitrogens with two attached hydrogens (primary N) is 1. The van der Waals surface area contributed by atoms with Crippen molar-refractivity contribution in [3.63, 3.8) is 0 Å². The molecule has 0 atom stereocenters. The van der Waals surface area contributed by atoms with Crippen LogP contribution >= 0.6 is 0 Å². The smallest absolute Gasteiger partial charge is 0.232 e. The number of halogens is 2. The van der Waals surface area contributed by atoms with E-state index in [9.17, 15) is 12.8 Å². The summed E-state index contributed by atoms with van der Waals surface area (Å²) in [5.41, 5.74) is 4.85. The number of hydrogen-bond donors (Lipinski definition) is 2. The number of sulfonamides is 1. The van der Waals surface area contributed by atoms with Gasteiger partial charge in [0.05, 0.1) is 22.7 Å². The molecule has 4 aromatic rings. The van der Waals surface area contributed by atoms with Gasteiger partial charge in [0.1, 0.15) is 11.4 Å². The van der Waals surface area contributed by atoms with E-state index in [1.54, 1.807) is 42.5 Å². The van der Waals surface area contributed by atoms with Crippen LogP contribution in [0.2, 0.25) is 0 Å². The number of benzene rings is 2. The molecule has 0 unspecified atom stereocenters. The predicted octanol–water partition coefficient (Wildman–Crippen LogP) is 5.39. The molecule has 2 aromatic heterocycles. The van der Waals surface area contributed by atoms with Gasteiger partial charge in [-0.15, -0.1) is 0 Å². The third-order valence-corrected chi connectivity index (χ3v) is 6.73. The van der Waals surface area contributed by atoms with Gasteiger partial charge in [-0.3, -0.25) is 4.72 Å². The van der Waals surface area contributed by atoms with Gasteiger partial charge < -0.3 is 10.5 Å². The Morgan fingerprint density at radius 1 is 1.06 bits per heavy atom. The number of nitrogens with zero attached hydrogens (tertiary/aromatic N) is 3. The molecule has 0 saturated carbocycles. The van der Waals surface area contributed by atoms with Crippen LogP contribution in [0.25, 0.3) is 22.0 Å². The third-order valence-electron chi connectivity index (χ3n) is 5.47. The second-order valence-corrected chi connectivity index (χ2v) is 10.7. The van der Waals surface area contributed by atoms with E-state index in [2.05, 4.69) is 19.7 Å². The maximum Gasteiger partial charge on any atom is 0.232 e. The van der Waals surface area contributed by atoms with Crippen LogP contribution in [0, 0.1) is 12.7 Å². The van der Waals surface area contributed by atoms with Crippen molar-refractivity contribution in [2.75, 3.05) is 16.2 Å². The lowest BCUT2D eigenvalue weighted by atomic mass is 10.0. The summed E-state index contributed by atoms with van der Waals surface area (Å²) < 4.78 is 63.3. The summed E-state index contributed by atoms with van der Waals surface area (Å²) in [6, 6.07) is 11.7. The number of rotatable bonds is 8. The van der Waals surface area contributed by atoms with Crippen LogP contribution in [0.3, 0.4) is 0 Å². The number of nitrogen functional groups attached to an aromatic ring is 1. The Balaban J connectivity index is 1.79. The summed E-state index contributed by atoms with van der Waals surface area (Å²) in [5, 5.41) is 0.737. The highest BCUT2D eigenvalue weighted by atomic mass is 32.2. The van der Waals surface area contributed by atoms with Crippen LogP contribution in [0.15, 0.2) is 54.9 Å². The SMILES string of the molecule is Cc1c(F)c(NS(=O)(=O)CCC(C)(C)F)c2ccccc2c1Oc1ncccc1-c1ccnc(N)n1. The summed E-state index contributed by atoms with van der Waals surface area (Å²) in [5.74, 6) is -0.918. The Morgan fingerprint density at radius 3 is 2.47 bits per heavy atom. The van der Waals surface area contributed by atoms with E-state index in [1.165, 1.54) is 33.2 Å². The number of ether oxygens (including phenoxy) is 1. The maximum absolute atomic E-state index is 15.6. The Labute approximate surface area is 207 Å². The average molecular weight is 514 g/mol. The minimum absolute atomic E-state index is 0.0658. The Kier molecular flexibility index (Phi) is 6.77. The fourth-order valence-corrected chi connectivity index (χ4v) is 4.98. The Morgan fingerprint density at radius 2 is 1.78 bits per heavy atom. The van der Waals surface area contributed by atoms with E-state index in [4.69, 9.17) is 10.5 Å². The quantitative estimate of drug-likeness (QED) is 0.324. The van der Waals surface area contributed by atoms with Gasteiger partial charge in [-0.2, -0.15) is 0 Å². The number of anilines is 2. The Hall–Kier alpha value is -3.86. The third kappa shape index (κ3) is 5.51. The van der Waals surface area contributed by atoms with Gasteiger partial charge >= 0.3 is 0 Å². The first-order valence-corrected chi connectivity index (χ1v) is 12.7. The highest BCUT2D eigenvalue weighted by molar-refractivity contribution is 7.92. The summed E-state index contributed by atoms with van der Waals surface area (Å²) in [6.45, 7) is 4.05. The second-order valence-electron chi connectivity index (χ2n) is 8.84. The molecule has 0 aliphatic rings. The lowest BCUT2D eigenvalue weighted by Gasteiger charge is -2.19. The fourth-order valence-electron chi connectivity index (χ4n) is 3.61. The van der Waals surface area contributed by atoms with Crippen molar-refractivity contribution < 1.29 is 21.9 Å². The topological polar surface area (TPSA) is 120 Å². The van der Waals surface area contributed by atoms with Crippen LogP contribution in [-0.2, 0) is 10.0 Å². The van der Waals surface area contributed by atoms with Crippen LogP contribution in [0.5, 0.6) is 11.6 Å². The monoisotopic (exact) mass is 513 g/mol. The second kappa shape index (κ2) is 9.65. The van der Waals surface area contributed by atoms with Gasteiger partial charge in [-0.05, 0) is 45.4 Å². The summed E-state index contributed by atoms with van der Waals surface area (Å²) >= 11 is 0. The number of alkyl halides is 1. The number of hydrogen-bond acceptors (Lipinski definition) is 7. The van der Waals surface area contributed by atoms with Crippen molar-refractivity contribution in [1.82, 2.24) is 15.0 Å². The van der Waals surface area contributed by atoms with Gasteiger partial charge in [-0.1, -0.05) is 24.3 Å². The average Bonchev–Trinajstić information content (AvgIpc) is 2.83. The number of aromatic nitrogens is 3. The molecule has 0 spiro atoms. The van der Waals surface area contributed by atoms with E-state index in [1.807, 2.05) is 0 Å². The number of nitrogens with one attached hydrogen (secondary N) is 1. The van der Waals surface area contributed by atoms with Gasteiger partial charge in [0, 0.05) is 28.7 Å². The molecule has 2 aromatic carbocycles. The molecule has 188 valence electrons. The van der Waals surface area contributed by atoms with Crippen molar-refractivity contribution in [3.8, 4) is 22.9 Å². The molecular weight excluding hydrogens is 488 g/mol. The summed E-state index contributed by atoms with van der Waals surface area (Å²) in [7, 11) is -4.03. The molecule has 0 amide bonds. The summed E-state index contributed by atoms with van der Waals surface area (Å²) in [4.78, 5) is 12.4. The van der Waals surface area contributed by atoms with Crippen molar-refractivity contribution in [2.45, 2.75) is 32.9 Å². The first kappa shape index (κ1) is 25.2. The Bertz CT molecular complexity index is 1540. The molecule has 11 heteroatoms. The van der Waals surface area contributed by atoms with Crippen LogP contribution in [-0.4, -0.2) is 34.8 Å². The van der Waals surface area contributed by atoms with Crippen molar-refractivity contribution in [2.24, 2.45) is 0 Å². The molecule has 0 radical (unpaired) electrons. The van der Waals surface area contributed by atoms with Crippen molar-refractivity contribution in [1.29, 1.82) is 0 Å². The fraction of sp³-hybridized carbons (Fsp3) is 0.240. The first-order valence-electron chi connectivity index (χ1n) is 11.1. The molecule has 0 bridgehead atoms.